The van der Waals surface area contributed by atoms with Gasteiger partial charge in [-0.3, -0.25) is 4.90 Å². The second-order valence-electron chi connectivity index (χ2n) is 7.53. The number of benzene rings is 3. The van der Waals surface area contributed by atoms with E-state index in [4.69, 9.17) is 4.74 Å². The molecule has 1 saturated heterocycles. The third-order valence-electron chi connectivity index (χ3n) is 5.55. The van der Waals surface area contributed by atoms with Crippen LogP contribution in [0.2, 0.25) is 0 Å². The SMILES string of the molecule is Fc1ccc(N2CCN(CCC(Oc3ccccc3)c3ccccc3F)CC2)cc1. The third-order valence-corrected chi connectivity index (χ3v) is 5.55. The minimum atomic E-state index is -0.344. The first-order valence-corrected chi connectivity index (χ1v) is 10.4. The van der Waals surface area contributed by atoms with Crippen LogP contribution in [0.1, 0.15) is 18.1 Å². The number of para-hydroxylation sites is 1. The number of ether oxygens (including phenoxy) is 1. The maximum absolute atomic E-state index is 14.4. The fourth-order valence-corrected chi connectivity index (χ4v) is 3.86. The molecule has 1 aliphatic rings. The zero-order valence-electron chi connectivity index (χ0n) is 16.9. The second-order valence-corrected chi connectivity index (χ2v) is 7.53. The van der Waals surface area contributed by atoms with Gasteiger partial charge in [-0.05, 0) is 42.5 Å². The van der Waals surface area contributed by atoms with Crippen LogP contribution in [0, 0.1) is 11.6 Å². The van der Waals surface area contributed by atoms with E-state index in [1.54, 1.807) is 12.1 Å². The van der Waals surface area contributed by atoms with Crippen LogP contribution in [0.3, 0.4) is 0 Å². The summed E-state index contributed by atoms with van der Waals surface area (Å²) in [5.74, 6) is 0.293. The Bertz CT molecular complexity index is 925. The van der Waals surface area contributed by atoms with E-state index in [0.717, 1.165) is 44.2 Å². The summed E-state index contributed by atoms with van der Waals surface area (Å²) in [7, 11) is 0. The lowest BCUT2D eigenvalue weighted by atomic mass is 10.0. The van der Waals surface area contributed by atoms with E-state index in [1.165, 1.54) is 18.2 Å². The average molecular weight is 408 g/mol. The molecule has 1 heterocycles. The van der Waals surface area contributed by atoms with Crippen molar-refractivity contribution in [1.29, 1.82) is 0 Å². The first-order chi connectivity index (χ1) is 14.7. The summed E-state index contributed by atoms with van der Waals surface area (Å²) >= 11 is 0. The Labute approximate surface area is 176 Å². The molecule has 0 aromatic heterocycles. The lowest BCUT2D eigenvalue weighted by molar-refractivity contribution is 0.157. The van der Waals surface area contributed by atoms with Gasteiger partial charge in [-0.2, -0.15) is 0 Å². The summed E-state index contributed by atoms with van der Waals surface area (Å²) in [6.45, 7) is 4.41. The van der Waals surface area contributed by atoms with Gasteiger partial charge in [-0.15, -0.1) is 0 Å². The Morgan fingerprint density at radius 1 is 0.767 bits per heavy atom. The van der Waals surface area contributed by atoms with E-state index >= 15 is 0 Å². The van der Waals surface area contributed by atoms with Crippen molar-refractivity contribution < 1.29 is 13.5 Å². The summed E-state index contributed by atoms with van der Waals surface area (Å²) in [5, 5.41) is 0. The van der Waals surface area contributed by atoms with E-state index in [1.807, 2.05) is 48.5 Å². The van der Waals surface area contributed by atoms with Crippen molar-refractivity contribution >= 4 is 5.69 Å². The van der Waals surface area contributed by atoms with Crippen molar-refractivity contribution in [2.24, 2.45) is 0 Å². The van der Waals surface area contributed by atoms with Crippen LogP contribution < -0.4 is 9.64 Å². The Hall–Kier alpha value is -2.92. The Morgan fingerprint density at radius 3 is 2.13 bits per heavy atom. The molecule has 0 amide bonds. The Morgan fingerprint density at radius 2 is 1.43 bits per heavy atom. The smallest absolute Gasteiger partial charge is 0.130 e. The number of hydrogen-bond donors (Lipinski definition) is 0. The predicted octanol–water partition coefficient (Wildman–Crippen LogP) is 5.30. The molecule has 0 saturated carbocycles. The minimum absolute atomic E-state index is 0.213. The third kappa shape index (κ3) is 5.16. The van der Waals surface area contributed by atoms with E-state index in [0.29, 0.717) is 12.0 Å². The molecule has 1 unspecified atom stereocenters. The van der Waals surface area contributed by atoms with Gasteiger partial charge in [-0.25, -0.2) is 8.78 Å². The van der Waals surface area contributed by atoms with Crippen molar-refractivity contribution in [1.82, 2.24) is 4.90 Å². The molecule has 4 rings (SSSR count). The van der Waals surface area contributed by atoms with Gasteiger partial charge in [0.05, 0.1) is 0 Å². The second kappa shape index (κ2) is 9.72. The zero-order chi connectivity index (χ0) is 20.8. The van der Waals surface area contributed by atoms with Crippen molar-refractivity contribution in [3.05, 3.63) is 96.1 Å². The number of rotatable bonds is 7. The van der Waals surface area contributed by atoms with Crippen LogP contribution in [0.25, 0.3) is 0 Å². The number of halogens is 2. The molecule has 5 heteroatoms. The molecule has 1 atom stereocenters. The van der Waals surface area contributed by atoms with Gasteiger partial charge in [0, 0.05) is 50.4 Å². The zero-order valence-corrected chi connectivity index (χ0v) is 16.9. The average Bonchev–Trinajstić information content (AvgIpc) is 2.79. The molecule has 0 bridgehead atoms. The minimum Gasteiger partial charge on any atom is -0.486 e. The highest BCUT2D eigenvalue weighted by Gasteiger charge is 2.22. The topological polar surface area (TPSA) is 15.7 Å². The molecule has 3 aromatic rings. The maximum Gasteiger partial charge on any atom is 0.130 e. The van der Waals surface area contributed by atoms with Crippen LogP contribution in [-0.4, -0.2) is 37.6 Å². The van der Waals surface area contributed by atoms with Crippen molar-refractivity contribution in [3.63, 3.8) is 0 Å². The summed E-state index contributed by atoms with van der Waals surface area (Å²) in [5.41, 5.74) is 1.64. The van der Waals surface area contributed by atoms with Crippen molar-refractivity contribution in [2.45, 2.75) is 12.5 Å². The van der Waals surface area contributed by atoms with Crippen molar-refractivity contribution in [3.8, 4) is 5.75 Å². The van der Waals surface area contributed by atoms with Gasteiger partial charge in [-0.1, -0.05) is 36.4 Å². The molecule has 3 nitrogen and oxygen atoms in total. The van der Waals surface area contributed by atoms with Gasteiger partial charge in [0.2, 0.25) is 0 Å². The highest BCUT2D eigenvalue weighted by atomic mass is 19.1. The maximum atomic E-state index is 14.4. The van der Waals surface area contributed by atoms with Crippen LogP contribution in [0.5, 0.6) is 5.75 Å². The fraction of sp³-hybridized carbons (Fsp3) is 0.280. The van der Waals surface area contributed by atoms with Gasteiger partial charge in [0.25, 0.3) is 0 Å². The van der Waals surface area contributed by atoms with Crippen molar-refractivity contribution in [2.75, 3.05) is 37.6 Å². The monoisotopic (exact) mass is 408 g/mol. The first kappa shape index (κ1) is 20.4. The summed E-state index contributed by atoms with van der Waals surface area (Å²) < 4.78 is 33.8. The summed E-state index contributed by atoms with van der Waals surface area (Å²) in [6.07, 6.45) is 0.357. The van der Waals surface area contributed by atoms with E-state index in [-0.39, 0.29) is 17.7 Å². The fourth-order valence-electron chi connectivity index (χ4n) is 3.86. The van der Waals surface area contributed by atoms with Gasteiger partial charge >= 0.3 is 0 Å². The summed E-state index contributed by atoms with van der Waals surface area (Å²) in [4.78, 5) is 4.65. The summed E-state index contributed by atoms with van der Waals surface area (Å²) in [6, 6.07) is 23.1. The van der Waals surface area contributed by atoms with Crippen LogP contribution >= 0.6 is 0 Å². The van der Waals surface area contributed by atoms with Crippen LogP contribution in [0.15, 0.2) is 78.9 Å². The van der Waals surface area contributed by atoms with Gasteiger partial charge in [0.15, 0.2) is 0 Å². The molecule has 3 aromatic carbocycles. The molecule has 0 radical (unpaired) electrons. The van der Waals surface area contributed by atoms with E-state index < -0.39 is 0 Å². The molecule has 0 spiro atoms. The quantitative estimate of drug-likeness (QED) is 0.528. The largest absolute Gasteiger partial charge is 0.486 e. The number of hydrogen-bond acceptors (Lipinski definition) is 3. The number of piperazine rings is 1. The normalized spacial score (nSPS) is 15.7. The molecule has 0 N–H and O–H groups in total. The van der Waals surface area contributed by atoms with E-state index in [9.17, 15) is 8.78 Å². The molecule has 30 heavy (non-hydrogen) atoms. The Balaban J connectivity index is 1.37. The highest BCUT2D eigenvalue weighted by Crippen LogP contribution is 2.27. The van der Waals surface area contributed by atoms with Crippen LogP contribution in [-0.2, 0) is 0 Å². The number of anilines is 1. The molecular weight excluding hydrogens is 382 g/mol. The molecule has 1 aliphatic heterocycles. The predicted molar refractivity (Wildman–Crippen MR) is 116 cm³/mol. The molecular formula is C25H26F2N2O. The van der Waals surface area contributed by atoms with Gasteiger partial charge < -0.3 is 9.64 Å². The molecule has 156 valence electrons. The van der Waals surface area contributed by atoms with Crippen LogP contribution in [0.4, 0.5) is 14.5 Å². The highest BCUT2D eigenvalue weighted by molar-refractivity contribution is 5.46. The lowest BCUT2D eigenvalue weighted by Crippen LogP contribution is -2.46. The standard InChI is InChI=1S/C25H26F2N2O/c26-20-10-12-21(13-11-20)29-18-16-28(17-19-29)15-14-25(23-8-4-5-9-24(23)27)30-22-6-2-1-3-7-22/h1-13,25H,14-19H2. The van der Waals surface area contributed by atoms with Gasteiger partial charge in [0.1, 0.15) is 23.5 Å². The molecule has 0 aliphatic carbocycles. The first-order valence-electron chi connectivity index (χ1n) is 10.4. The van der Waals surface area contributed by atoms with E-state index in [2.05, 4.69) is 9.80 Å². The number of nitrogens with zero attached hydrogens (tertiary/aromatic N) is 2. The molecule has 1 fully saturated rings. The Kier molecular flexibility index (Phi) is 6.60. The lowest BCUT2D eigenvalue weighted by Gasteiger charge is -2.36.